The standard InChI is InChI=1S/C12H11ClN2O2/c13-8-4-1-2-5-9(8)15-11(16)10-6-3-7-14(10)12(15)17/h1-2,4-5,16H,3,6-7H2. The molecule has 1 N–H and O–H groups in total. The van der Waals surface area contributed by atoms with Crippen LogP contribution in [0, 0.1) is 0 Å². The number of nitrogens with zero attached hydrogens (tertiary/aromatic N) is 2. The summed E-state index contributed by atoms with van der Waals surface area (Å²) in [4.78, 5) is 12.1. The molecule has 1 aliphatic heterocycles. The van der Waals surface area contributed by atoms with Gasteiger partial charge < -0.3 is 5.11 Å². The largest absolute Gasteiger partial charge is 0.493 e. The van der Waals surface area contributed by atoms with Crippen LogP contribution < -0.4 is 5.69 Å². The van der Waals surface area contributed by atoms with Gasteiger partial charge in [-0.2, -0.15) is 0 Å². The molecule has 0 fully saturated rings. The minimum Gasteiger partial charge on any atom is -0.493 e. The van der Waals surface area contributed by atoms with Crippen molar-refractivity contribution < 1.29 is 5.11 Å². The van der Waals surface area contributed by atoms with Crippen LogP contribution in [-0.4, -0.2) is 14.2 Å². The number of halogens is 1. The van der Waals surface area contributed by atoms with E-state index >= 15 is 0 Å². The fourth-order valence-corrected chi connectivity index (χ4v) is 2.53. The molecule has 0 saturated carbocycles. The summed E-state index contributed by atoms with van der Waals surface area (Å²) in [6.45, 7) is 0.666. The molecule has 0 amide bonds. The molecular weight excluding hydrogens is 240 g/mol. The second-order valence-corrected chi connectivity index (χ2v) is 4.50. The summed E-state index contributed by atoms with van der Waals surface area (Å²) >= 11 is 6.05. The number of benzene rings is 1. The first kappa shape index (κ1) is 10.5. The van der Waals surface area contributed by atoms with E-state index in [1.165, 1.54) is 4.57 Å². The predicted octanol–water partition coefficient (Wildman–Crippen LogP) is 1.94. The van der Waals surface area contributed by atoms with Crippen molar-refractivity contribution in [2.45, 2.75) is 19.4 Å². The molecule has 88 valence electrons. The Labute approximate surface area is 103 Å². The normalized spacial score (nSPS) is 13.9. The quantitative estimate of drug-likeness (QED) is 0.841. The van der Waals surface area contributed by atoms with Gasteiger partial charge in [0.1, 0.15) is 0 Å². The van der Waals surface area contributed by atoms with Gasteiger partial charge in [-0.15, -0.1) is 0 Å². The number of para-hydroxylation sites is 1. The van der Waals surface area contributed by atoms with Crippen molar-refractivity contribution in [3.63, 3.8) is 0 Å². The maximum absolute atomic E-state index is 12.1. The van der Waals surface area contributed by atoms with Crippen molar-refractivity contribution in [3.05, 3.63) is 45.5 Å². The van der Waals surface area contributed by atoms with Crippen LogP contribution in [0.3, 0.4) is 0 Å². The van der Waals surface area contributed by atoms with Gasteiger partial charge in [-0.3, -0.25) is 4.57 Å². The van der Waals surface area contributed by atoms with Crippen molar-refractivity contribution in [3.8, 4) is 11.6 Å². The summed E-state index contributed by atoms with van der Waals surface area (Å²) in [6, 6.07) is 7.00. The van der Waals surface area contributed by atoms with Gasteiger partial charge in [-0.25, -0.2) is 9.36 Å². The molecule has 2 aromatic rings. The Hall–Kier alpha value is -1.68. The fraction of sp³-hybridized carbons (Fsp3) is 0.250. The third kappa shape index (κ3) is 1.41. The lowest BCUT2D eigenvalue weighted by Crippen LogP contribution is -2.22. The topological polar surface area (TPSA) is 47.2 Å². The monoisotopic (exact) mass is 250 g/mol. The van der Waals surface area contributed by atoms with Crippen LogP contribution in [0.15, 0.2) is 29.1 Å². The highest BCUT2D eigenvalue weighted by Crippen LogP contribution is 2.28. The summed E-state index contributed by atoms with van der Waals surface area (Å²) in [6.07, 6.45) is 1.64. The van der Waals surface area contributed by atoms with Crippen LogP contribution in [-0.2, 0) is 13.0 Å². The molecule has 5 heteroatoms. The Kier molecular flexibility index (Phi) is 2.26. The summed E-state index contributed by atoms with van der Waals surface area (Å²) < 4.78 is 2.88. The van der Waals surface area contributed by atoms with Gasteiger partial charge in [-0.05, 0) is 25.0 Å². The zero-order valence-electron chi connectivity index (χ0n) is 9.06. The second kappa shape index (κ2) is 3.67. The first-order valence-electron chi connectivity index (χ1n) is 5.48. The lowest BCUT2D eigenvalue weighted by Gasteiger charge is -2.05. The van der Waals surface area contributed by atoms with E-state index in [9.17, 15) is 9.90 Å². The number of imidazole rings is 1. The molecule has 0 aliphatic carbocycles. The van der Waals surface area contributed by atoms with Gasteiger partial charge in [0.2, 0.25) is 5.88 Å². The molecule has 0 spiro atoms. The SMILES string of the molecule is O=c1n2c(c(O)n1-c1ccccc1Cl)CCC2. The Morgan fingerprint density at radius 1 is 1.29 bits per heavy atom. The first-order chi connectivity index (χ1) is 8.20. The zero-order chi connectivity index (χ0) is 12.0. The molecule has 0 radical (unpaired) electrons. The number of hydrogen-bond acceptors (Lipinski definition) is 2. The van der Waals surface area contributed by atoms with E-state index in [2.05, 4.69) is 0 Å². The van der Waals surface area contributed by atoms with E-state index in [4.69, 9.17) is 11.6 Å². The van der Waals surface area contributed by atoms with E-state index in [1.54, 1.807) is 28.8 Å². The minimum atomic E-state index is -0.219. The third-order valence-electron chi connectivity index (χ3n) is 3.11. The molecule has 0 unspecified atom stereocenters. The van der Waals surface area contributed by atoms with Crippen LogP contribution in [0.5, 0.6) is 5.88 Å². The zero-order valence-corrected chi connectivity index (χ0v) is 9.81. The maximum Gasteiger partial charge on any atom is 0.335 e. The number of hydrogen-bond donors (Lipinski definition) is 1. The Morgan fingerprint density at radius 2 is 2.06 bits per heavy atom. The predicted molar refractivity (Wildman–Crippen MR) is 65.0 cm³/mol. The average molecular weight is 251 g/mol. The van der Waals surface area contributed by atoms with Gasteiger partial charge in [0.05, 0.1) is 16.4 Å². The molecule has 2 heterocycles. The third-order valence-corrected chi connectivity index (χ3v) is 3.43. The van der Waals surface area contributed by atoms with Crippen LogP contribution in [0.25, 0.3) is 5.69 Å². The molecule has 4 nitrogen and oxygen atoms in total. The van der Waals surface area contributed by atoms with Crippen molar-refractivity contribution in [1.29, 1.82) is 0 Å². The summed E-state index contributed by atoms with van der Waals surface area (Å²) in [5, 5.41) is 10.5. The summed E-state index contributed by atoms with van der Waals surface area (Å²) in [5.74, 6) is 0.0144. The highest BCUT2D eigenvalue weighted by atomic mass is 35.5. The van der Waals surface area contributed by atoms with Crippen molar-refractivity contribution in [2.75, 3.05) is 0 Å². The Morgan fingerprint density at radius 3 is 2.76 bits per heavy atom. The molecule has 0 saturated heterocycles. The molecule has 0 atom stereocenters. The van der Waals surface area contributed by atoms with E-state index in [1.807, 2.05) is 0 Å². The van der Waals surface area contributed by atoms with Gasteiger partial charge >= 0.3 is 5.69 Å². The lowest BCUT2D eigenvalue weighted by atomic mass is 10.3. The molecule has 1 aromatic heterocycles. The first-order valence-corrected chi connectivity index (χ1v) is 5.86. The van der Waals surface area contributed by atoms with E-state index < -0.39 is 0 Å². The van der Waals surface area contributed by atoms with Gasteiger partial charge in [0.25, 0.3) is 0 Å². The van der Waals surface area contributed by atoms with Gasteiger partial charge in [0, 0.05) is 6.54 Å². The maximum atomic E-state index is 12.1. The van der Waals surface area contributed by atoms with Crippen molar-refractivity contribution in [1.82, 2.24) is 9.13 Å². The van der Waals surface area contributed by atoms with Gasteiger partial charge in [0.15, 0.2) is 0 Å². The van der Waals surface area contributed by atoms with Crippen LogP contribution in [0.4, 0.5) is 0 Å². The molecule has 17 heavy (non-hydrogen) atoms. The highest BCUT2D eigenvalue weighted by molar-refractivity contribution is 6.32. The van der Waals surface area contributed by atoms with E-state index in [0.29, 0.717) is 22.9 Å². The molecule has 0 bridgehead atoms. The van der Waals surface area contributed by atoms with Crippen molar-refractivity contribution in [2.24, 2.45) is 0 Å². The van der Waals surface area contributed by atoms with Crippen LogP contribution in [0.1, 0.15) is 12.1 Å². The minimum absolute atomic E-state index is 0.0144. The number of rotatable bonds is 1. The number of fused-ring (bicyclic) bond motifs is 1. The highest BCUT2D eigenvalue weighted by Gasteiger charge is 2.24. The summed E-state index contributed by atoms with van der Waals surface area (Å²) in [7, 11) is 0. The number of aromatic nitrogens is 2. The Balaban J connectivity index is 2.30. The average Bonchev–Trinajstić information content (AvgIpc) is 2.87. The number of aromatic hydroxyl groups is 1. The van der Waals surface area contributed by atoms with E-state index in [-0.39, 0.29) is 11.6 Å². The molecular formula is C12H11ClN2O2. The van der Waals surface area contributed by atoms with Crippen molar-refractivity contribution >= 4 is 11.6 Å². The fourth-order valence-electron chi connectivity index (χ4n) is 2.31. The summed E-state index contributed by atoms with van der Waals surface area (Å²) in [5.41, 5.74) is 1.01. The molecule has 1 aromatic carbocycles. The molecule has 3 rings (SSSR count). The van der Waals surface area contributed by atoms with Crippen LogP contribution >= 0.6 is 11.6 Å². The van der Waals surface area contributed by atoms with Crippen LogP contribution in [0.2, 0.25) is 5.02 Å². The molecule has 1 aliphatic rings. The van der Waals surface area contributed by atoms with E-state index in [0.717, 1.165) is 12.8 Å². The smallest absolute Gasteiger partial charge is 0.335 e. The van der Waals surface area contributed by atoms with Gasteiger partial charge in [-0.1, -0.05) is 23.7 Å². The second-order valence-electron chi connectivity index (χ2n) is 4.09. The lowest BCUT2D eigenvalue weighted by molar-refractivity contribution is 0.435. The Bertz CT molecular complexity index is 642.